The Hall–Kier alpha value is -3.19. The highest BCUT2D eigenvalue weighted by Crippen LogP contribution is 2.22. The van der Waals surface area contributed by atoms with Gasteiger partial charge in [0.1, 0.15) is 5.82 Å². The van der Waals surface area contributed by atoms with Gasteiger partial charge in [-0.25, -0.2) is 12.8 Å². The van der Waals surface area contributed by atoms with E-state index in [1.165, 1.54) is 52.7 Å². The average molecular weight is 412 g/mol. The van der Waals surface area contributed by atoms with Gasteiger partial charge in [0, 0.05) is 26.2 Å². The SMILES string of the molecule is CN(Cc1ccc(F)cc1)C(=O)c1ccc(S(=O)(=O)N(C)c2ccccc2)cc1. The maximum atomic E-state index is 13.0. The minimum absolute atomic E-state index is 0.0987. The molecule has 3 aromatic rings. The lowest BCUT2D eigenvalue weighted by molar-refractivity contribution is 0.0785. The van der Waals surface area contributed by atoms with Crippen LogP contribution in [0.3, 0.4) is 0 Å². The van der Waals surface area contributed by atoms with Crippen molar-refractivity contribution in [2.24, 2.45) is 0 Å². The lowest BCUT2D eigenvalue weighted by Crippen LogP contribution is -2.27. The predicted molar refractivity (Wildman–Crippen MR) is 111 cm³/mol. The highest BCUT2D eigenvalue weighted by molar-refractivity contribution is 7.92. The first-order valence-electron chi connectivity index (χ1n) is 8.93. The highest BCUT2D eigenvalue weighted by Gasteiger charge is 2.22. The van der Waals surface area contributed by atoms with Gasteiger partial charge in [-0.3, -0.25) is 9.10 Å². The van der Waals surface area contributed by atoms with Gasteiger partial charge >= 0.3 is 0 Å². The molecule has 3 aromatic carbocycles. The van der Waals surface area contributed by atoms with Crippen LogP contribution < -0.4 is 4.31 Å². The standard InChI is InChI=1S/C22H21FN2O3S/c1-24(16-17-8-12-19(23)13-9-17)22(26)18-10-14-21(15-11-18)29(27,28)25(2)20-6-4-3-5-7-20/h3-15H,16H2,1-2H3. The van der Waals surface area contributed by atoms with E-state index < -0.39 is 10.0 Å². The third-order valence-electron chi connectivity index (χ3n) is 4.56. The third kappa shape index (κ3) is 4.63. The maximum absolute atomic E-state index is 13.0. The zero-order valence-corrected chi connectivity index (χ0v) is 16.9. The topological polar surface area (TPSA) is 57.7 Å². The summed E-state index contributed by atoms with van der Waals surface area (Å²) in [5.74, 6) is -0.588. The van der Waals surface area contributed by atoms with E-state index in [-0.39, 0.29) is 16.6 Å². The zero-order valence-electron chi connectivity index (χ0n) is 16.1. The molecule has 0 radical (unpaired) electrons. The first-order chi connectivity index (χ1) is 13.8. The third-order valence-corrected chi connectivity index (χ3v) is 6.36. The molecule has 0 atom stereocenters. The van der Waals surface area contributed by atoms with E-state index in [1.54, 1.807) is 43.4 Å². The summed E-state index contributed by atoms with van der Waals surface area (Å²) in [6.07, 6.45) is 0. The van der Waals surface area contributed by atoms with Gasteiger partial charge < -0.3 is 4.90 Å². The Balaban J connectivity index is 1.75. The number of rotatable bonds is 6. The molecule has 0 unspecified atom stereocenters. The number of hydrogen-bond acceptors (Lipinski definition) is 3. The van der Waals surface area contributed by atoms with Crippen LogP contribution in [0.2, 0.25) is 0 Å². The van der Waals surface area contributed by atoms with Crippen LogP contribution in [0.4, 0.5) is 10.1 Å². The van der Waals surface area contributed by atoms with E-state index in [4.69, 9.17) is 0 Å². The summed E-state index contributed by atoms with van der Waals surface area (Å²) in [5.41, 5.74) is 1.72. The molecule has 5 nitrogen and oxygen atoms in total. The van der Waals surface area contributed by atoms with E-state index in [1.807, 2.05) is 6.07 Å². The number of nitrogens with zero attached hydrogens (tertiary/aromatic N) is 2. The largest absolute Gasteiger partial charge is 0.337 e. The molecule has 1 amide bonds. The summed E-state index contributed by atoms with van der Waals surface area (Å²) in [6.45, 7) is 0.315. The normalized spacial score (nSPS) is 11.1. The number of anilines is 1. The summed E-state index contributed by atoms with van der Waals surface area (Å²) >= 11 is 0. The molecule has 0 fully saturated rings. The maximum Gasteiger partial charge on any atom is 0.264 e. The van der Waals surface area contributed by atoms with Crippen molar-refractivity contribution in [3.63, 3.8) is 0 Å². The van der Waals surface area contributed by atoms with E-state index in [0.29, 0.717) is 17.8 Å². The van der Waals surface area contributed by atoms with Crippen molar-refractivity contribution in [3.8, 4) is 0 Å². The fraction of sp³-hybridized carbons (Fsp3) is 0.136. The van der Waals surface area contributed by atoms with Crippen molar-refractivity contribution in [1.29, 1.82) is 0 Å². The lowest BCUT2D eigenvalue weighted by atomic mass is 10.1. The van der Waals surface area contributed by atoms with Gasteiger partial charge in [-0.15, -0.1) is 0 Å². The quantitative estimate of drug-likeness (QED) is 0.617. The van der Waals surface area contributed by atoms with Gasteiger partial charge in [-0.1, -0.05) is 30.3 Å². The number of amides is 1. The summed E-state index contributed by atoms with van der Waals surface area (Å²) in [4.78, 5) is 14.2. The zero-order chi connectivity index (χ0) is 21.0. The molecule has 29 heavy (non-hydrogen) atoms. The molecule has 7 heteroatoms. The summed E-state index contributed by atoms with van der Waals surface area (Å²) in [6, 6.07) is 20.5. The Morgan fingerprint density at radius 3 is 2.03 bits per heavy atom. The lowest BCUT2D eigenvalue weighted by Gasteiger charge is -2.20. The second-order valence-electron chi connectivity index (χ2n) is 6.62. The van der Waals surface area contributed by atoms with Crippen LogP contribution in [-0.2, 0) is 16.6 Å². The van der Waals surface area contributed by atoms with Crippen LogP contribution in [0.1, 0.15) is 15.9 Å². The second-order valence-corrected chi connectivity index (χ2v) is 8.59. The summed E-state index contributed by atoms with van der Waals surface area (Å²) in [5, 5.41) is 0. The van der Waals surface area contributed by atoms with Crippen LogP contribution in [0, 0.1) is 5.82 Å². The van der Waals surface area contributed by atoms with Gasteiger partial charge in [0.25, 0.3) is 15.9 Å². The molecule has 0 saturated heterocycles. The van der Waals surface area contributed by atoms with Crippen LogP contribution in [0.25, 0.3) is 0 Å². The van der Waals surface area contributed by atoms with Crippen LogP contribution in [-0.4, -0.2) is 33.3 Å². The molecule has 0 N–H and O–H groups in total. The molecule has 0 bridgehead atoms. The van der Waals surface area contributed by atoms with E-state index in [9.17, 15) is 17.6 Å². The molecule has 3 rings (SSSR count). The van der Waals surface area contributed by atoms with Crippen molar-refractivity contribution < 1.29 is 17.6 Å². The number of benzene rings is 3. The van der Waals surface area contributed by atoms with Crippen molar-refractivity contribution >= 4 is 21.6 Å². The minimum atomic E-state index is -3.73. The van der Waals surface area contributed by atoms with Crippen LogP contribution in [0.5, 0.6) is 0 Å². The molecule has 0 spiro atoms. The molecule has 0 aliphatic rings. The van der Waals surface area contributed by atoms with Gasteiger partial charge in [0.05, 0.1) is 10.6 Å². The number of halogens is 1. The molecular weight excluding hydrogens is 391 g/mol. The smallest absolute Gasteiger partial charge is 0.264 e. The monoisotopic (exact) mass is 412 g/mol. The fourth-order valence-electron chi connectivity index (χ4n) is 2.86. The van der Waals surface area contributed by atoms with Gasteiger partial charge in [-0.2, -0.15) is 0 Å². The van der Waals surface area contributed by atoms with E-state index in [2.05, 4.69) is 0 Å². The Bertz CT molecular complexity index is 1080. The van der Waals surface area contributed by atoms with Crippen LogP contribution in [0.15, 0.2) is 83.8 Å². The Morgan fingerprint density at radius 2 is 1.45 bits per heavy atom. The van der Waals surface area contributed by atoms with Crippen molar-refractivity contribution in [1.82, 2.24) is 4.90 Å². The first kappa shape index (κ1) is 20.5. The van der Waals surface area contributed by atoms with Crippen molar-refractivity contribution in [2.45, 2.75) is 11.4 Å². The number of sulfonamides is 1. The Morgan fingerprint density at radius 1 is 0.862 bits per heavy atom. The molecule has 0 aromatic heterocycles. The van der Waals surface area contributed by atoms with Crippen molar-refractivity contribution in [3.05, 3.63) is 95.8 Å². The number of hydrogen-bond donors (Lipinski definition) is 0. The number of para-hydroxylation sites is 1. The molecule has 0 saturated carbocycles. The fourth-order valence-corrected chi connectivity index (χ4v) is 4.06. The van der Waals surface area contributed by atoms with Crippen LogP contribution >= 0.6 is 0 Å². The van der Waals surface area contributed by atoms with Gasteiger partial charge in [-0.05, 0) is 54.1 Å². The highest BCUT2D eigenvalue weighted by atomic mass is 32.2. The number of carbonyl (C=O) groups excluding carboxylic acids is 1. The molecule has 0 aliphatic heterocycles. The molecular formula is C22H21FN2O3S. The minimum Gasteiger partial charge on any atom is -0.337 e. The number of carbonyl (C=O) groups is 1. The average Bonchev–Trinajstić information content (AvgIpc) is 2.75. The molecule has 150 valence electrons. The summed E-state index contributed by atoms with van der Waals surface area (Å²) in [7, 11) is -0.610. The van der Waals surface area contributed by atoms with Crippen molar-refractivity contribution in [2.75, 3.05) is 18.4 Å². The predicted octanol–water partition coefficient (Wildman–Crippen LogP) is 3.92. The Kier molecular flexibility index (Phi) is 5.98. The van der Waals surface area contributed by atoms with Gasteiger partial charge in [0.2, 0.25) is 0 Å². The summed E-state index contributed by atoms with van der Waals surface area (Å²) < 4.78 is 39.8. The Labute approximate surface area is 170 Å². The van der Waals surface area contributed by atoms with Gasteiger partial charge in [0.15, 0.2) is 0 Å². The molecule has 0 aliphatic carbocycles. The second kappa shape index (κ2) is 8.45. The van der Waals surface area contributed by atoms with E-state index >= 15 is 0 Å². The van der Waals surface area contributed by atoms with E-state index in [0.717, 1.165) is 5.56 Å². The first-order valence-corrected chi connectivity index (χ1v) is 10.4. The molecule has 0 heterocycles.